The molecule has 0 aliphatic rings. The molecule has 1 amide bonds. The van der Waals surface area contributed by atoms with Gasteiger partial charge in [0.1, 0.15) is 0 Å². The van der Waals surface area contributed by atoms with Gasteiger partial charge in [-0.3, -0.25) is 4.79 Å². The van der Waals surface area contributed by atoms with Crippen molar-refractivity contribution < 1.29 is 23.8 Å². The van der Waals surface area contributed by atoms with Gasteiger partial charge in [0.15, 0.2) is 18.1 Å². The van der Waals surface area contributed by atoms with Gasteiger partial charge in [-0.1, -0.05) is 27.7 Å². The number of hydrogen-bond acceptors (Lipinski definition) is 5. The molecule has 0 fully saturated rings. The van der Waals surface area contributed by atoms with Gasteiger partial charge in [0, 0.05) is 6.54 Å². The summed E-state index contributed by atoms with van der Waals surface area (Å²) in [5.74, 6) is 1.03. The topological polar surface area (TPSA) is 73.9 Å². The second kappa shape index (κ2) is 10.6. The smallest absolute Gasteiger partial charge is 0.338 e. The second-order valence-corrected chi connectivity index (χ2v) is 6.67. The molecule has 0 aliphatic carbocycles. The summed E-state index contributed by atoms with van der Waals surface area (Å²) in [6, 6.07) is 4.83. The molecule has 6 nitrogen and oxygen atoms in total. The van der Waals surface area contributed by atoms with E-state index in [4.69, 9.17) is 14.2 Å². The van der Waals surface area contributed by atoms with Crippen LogP contribution in [0, 0.1) is 11.8 Å². The van der Waals surface area contributed by atoms with E-state index >= 15 is 0 Å². The standard InChI is InChI=1S/C19H29NO5/c1-13(2)8-9-24-16-7-6-15(10-17(16)23-5)19(22)25-12-18(21)20-11-14(3)4/h6-7,10,13-14H,8-9,11-12H2,1-5H3,(H,20,21). The minimum Gasteiger partial charge on any atom is -0.493 e. The lowest BCUT2D eigenvalue weighted by molar-refractivity contribution is -0.124. The first-order valence-electron chi connectivity index (χ1n) is 8.58. The van der Waals surface area contributed by atoms with Gasteiger partial charge in [-0.25, -0.2) is 4.79 Å². The highest BCUT2D eigenvalue weighted by Crippen LogP contribution is 2.28. The Morgan fingerprint density at radius 2 is 1.80 bits per heavy atom. The number of benzene rings is 1. The lowest BCUT2D eigenvalue weighted by atomic mass is 10.1. The molecule has 1 aromatic rings. The molecule has 0 radical (unpaired) electrons. The Hall–Kier alpha value is -2.24. The first kappa shape index (κ1) is 20.8. The highest BCUT2D eigenvalue weighted by atomic mass is 16.5. The number of amides is 1. The van der Waals surface area contributed by atoms with Gasteiger partial charge < -0.3 is 19.5 Å². The van der Waals surface area contributed by atoms with Gasteiger partial charge in [0.05, 0.1) is 19.3 Å². The van der Waals surface area contributed by atoms with Crippen molar-refractivity contribution >= 4 is 11.9 Å². The van der Waals surface area contributed by atoms with E-state index < -0.39 is 5.97 Å². The van der Waals surface area contributed by atoms with E-state index in [-0.39, 0.29) is 12.5 Å². The molecule has 1 N–H and O–H groups in total. The molecule has 0 aromatic heterocycles. The molecule has 6 heteroatoms. The van der Waals surface area contributed by atoms with E-state index in [1.165, 1.54) is 7.11 Å². The van der Waals surface area contributed by atoms with Crippen molar-refractivity contribution in [2.75, 3.05) is 26.9 Å². The van der Waals surface area contributed by atoms with Crippen LogP contribution in [0.15, 0.2) is 18.2 Å². The normalized spacial score (nSPS) is 10.7. The molecule has 1 rings (SSSR count). The van der Waals surface area contributed by atoms with Crippen LogP contribution in [0.2, 0.25) is 0 Å². The fourth-order valence-corrected chi connectivity index (χ4v) is 1.90. The number of ether oxygens (including phenoxy) is 3. The SMILES string of the molecule is COc1cc(C(=O)OCC(=O)NCC(C)C)ccc1OCCC(C)C. The summed E-state index contributed by atoms with van der Waals surface area (Å²) >= 11 is 0. The zero-order chi connectivity index (χ0) is 18.8. The first-order chi connectivity index (χ1) is 11.8. The summed E-state index contributed by atoms with van der Waals surface area (Å²) < 4.78 is 16.0. The molecule has 0 saturated carbocycles. The third-order valence-corrected chi connectivity index (χ3v) is 3.39. The van der Waals surface area contributed by atoms with Gasteiger partial charge in [-0.15, -0.1) is 0 Å². The maximum atomic E-state index is 12.1. The molecule has 0 spiro atoms. The van der Waals surface area contributed by atoms with E-state index in [0.29, 0.717) is 42.0 Å². The van der Waals surface area contributed by atoms with Crippen LogP contribution >= 0.6 is 0 Å². The zero-order valence-electron chi connectivity index (χ0n) is 15.8. The highest BCUT2D eigenvalue weighted by Gasteiger charge is 2.14. The van der Waals surface area contributed by atoms with Crippen LogP contribution in [0.5, 0.6) is 11.5 Å². The van der Waals surface area contributed by atoms with Crippen LogP contribution in [0.3, 0.4) is 0 Å². The maximum absolute atomic E-state index is 12.1. The van der Waals surface area contributed by atoms with Crippen molar-refractivity contribution in [1.82, 2.24) is 5.32 Å². The number of hydrogen-bond donors (Lipinski definition) is 1. The number of rotatable bonds is 10. The molecule has 0 atom stereocenters. The van der Waals surface area contributed by atoms with E-state index in [1.807, 2.05) is 13.8 Å². The van der Waals surface area contributed by atoms with Crippen molar-refractivity contribution in [3.8, 4) is 11.5 Å². The zero-order valence-corrected chi connectivity index (χ0v) is 15.8. The summed E-state index contributed by atoms with van der Waals surface area (Å²) in [6.45, 7) is 9.04. The average Bonchev–Trinajstić information content (AvgIpc) is 2.57. The summed E-state index contributed by atoms with van der Waals surface area (Å²) in [7, 11) is 1.51. The summed E-state index contributed by atoms with van der Waals surface area (Å²) in [5, 5.41) is 2.69. The van der Waals surface area contributed by atoms with Gasteiger partial charge >= 0.3 is 5.97 Å². The summed E-state index contributed by atoms with van der Waals surface area (Å²) in [6.07, 6.45) is 0.929. The predicted molar refractivity (Wildman–Crippen MR) is 96.1 cm³/mol. The third-order valence-electron chi connectivity index (χ3n) is 3.39. The highest BCUT2D eigenvalue weighted by molar-refractivity contribution is 5.92. The van der Waals surface area contributed by atoms with Gasteiger partial charge in [-0.2, -0.15) is 0 Å². The monoisotopic (exact) mass is 351 g/mol. The quantitative estimate of drug-likeness (QED) is 0.656. The molecule has 0 heterocycles. The lowest BCUT2D eigenvalue weighted by Crippen LogP contribution is -2.31. The molecular weight excluding hydrogens is 322 g/mol. The molecule has 0 aliphatic heterocycles. The Morgan fingerprint density at radius 1 is 1.08 bits per heavy atom. The van der Waals surface area contributed by atoms with Crippen molar-refractivity contribution in [3.63, 3.8) is 0 Å². The minimum absolute atomic E-state index is 0.305. The maximum Gasteiger partial charge on any atom is 0.338 e. The lowest BCUT2D eigenvalue weighted by Gasteiger charge is -2.13. The minimum atomic E-state index is -0.577. The van der Waals surface area contributed by atoms with Gasteiger partial charge in [0.2, 0.25) is 0 Å². The predicted octanol–water partition coefficient (Wildman–Crippen LogP) is 3.05. The number of carbonyl (C=O) groups excluding carboxylic acids is 2. The van der Waals surface area contributed by atoms with Crippen molar-refractivity contribution in [3.05, 3.63) is 23.8 Å². The number of esters is 1. The van der Waals surface area contributed by atoms with E-state index in [9.17, 15) is 9.59 Å². The fraction of sp³-hybridized carbons (Fsp3) is 0.579. The molecule has 0 saturated heterocycles. The largest absolute Gasteiger partial charge is 0.493 e. The molecule has 140 valence electrons. The number of carbonyl (C=O) groups is 2. The second-order valence-electron chi connectivity index (χ2n) is 6.67. The van der Waals surface area contributed by atoms with Crippen LogP contribution in [-0.4, -0.2) is 38.7 Å². The first-order valence-corrected chi connectivity index (χ1v) is 8.58. The molecule has 0 bridgehead atoms. The molecule has 0 unspecified atom stereocenters. The third kappa shape index (κ3) is 7.92. The van der Waals surface area contributed by atoms with Crippen LogP contribution in [0.4, 0.5) is 0 Å². The molecule has 1 aromatic carbocycles. The Labute approximate surface area is 149 Å². The summed E-state index contributed by atoms with van der Waals surface area (Å²) in [5.41, 5.74) is 0.310. The van der Waals surface area contributed by atoms with Crippen LogP contribution in [0.1, 0.15) is 44.5 Å². The van der Waals surface area contributed by atoms with Crippen LogP contribution < -0.4 is 14.8 Å². The Bertz CT molecular complexity index is 569. The van der Waals surface area contributed by atoms with E-state index in [2.05, 4.69) is 19.2 Å². The fourth-order valence-electron chi connectivity index (χ4n) is 1.90. The summed E-state index contributed by atoms with van der Waals surface area (Å²) in [4.78, 5) is 23.7. The number of nitrogens with one attached hydrogen (secondary N) is 1. The molecular formula is C19H29NO5. The molecule has 25 heavy (non-hydrogen) atoms. The Kier molecular flexibility index (Phi) is 8.81. The Morgan fingerprint density at radius 3 is 2.40 bits per heavy atom. The van der Waals surface area contributed by atoms with Crippen molar-refractivity contribution in [2.45, 2.75) is 34.1 Å². The number of methoxy groups -OCH3 is 1. The van der Waals surface area contributed by atoms with E-state index in [1.54, 1.807) is 18.2 Å². The van der Waals surface area contributed by atoms with Crippen LogP contribution in [-0.2, 0) is 9.53 Å². The Balaban J connectivity index is 2.59. The average molecular weight is 351 g/mol. The van der Waals surface area contributed by atoms with Gasteiger partial charge in [-0.05, 0) is 36.5 Å². The van der Waals surface area contributed by atoms with Gasteiger partial charge in [0.25, 0.3) is 5.91 Å². The van der Waals surface area contributed by atoms with Crippen molar-refractivity contribution in [2.24, 2.45) is 11.8 Å². The van der Waals surface area contributed by atoms with E-state index in [0.717, 1.165) is 6.42 Å². The van der Waals surface area contributed by atoms with Crippen molar-refractivity contribution in [1.29, 1.82) is 0 Å². The van der Waals surface area contributed by atoms with Crippen LogP contribution in [0.25, 0.3) is 0 Å².